The molecule has 0 atom stereocenters. The van der Waals surface area contributed by atoms with Gasteiger partial charge in [-0.2, -0.15) is 5.10 Å². The second-order valence-electron chi connectivity index (χ2n) is 13.4. The molecular formula is C36H42N6O5. The molecule has 1 aromatic heterocycles. The lowest BCUT2D eigenvalue weighted by atomic mass is 10.1. The fourth-order valence-electron chi connectivity index (χ4n) is 6.06. The number of anilines is 2. The van der Waals surface area contributed by atoms with Gasteiger partial charge in [0.05, 0.1) is 23.5 Å². The number of hydrogen-bond acceptors (Lipinski definition) is 7. The maximum Gasteiger partial charge on any atom is 0.407 e. The summed E-state index contributed by atoms with van der Waals surface area (Å²) < 4.78 is 7.34. The van der Waals surface area contributed by atoms with Crippen LogP contribution in [0.4, 0.5) is 16.2 Å². The van der Waals surface area contributed by atoms with Crippen LogP contribution >= 0.6 is 0 Å². The molecule has 47 heavy (non-hydrogen) atoms. The molecule has 0 aliphatic carbocycles. The summed E-state index contributed by atoms with van der Waals surface area (Å²) in [5.41, 5.74) is 4.19. The number of benzene rings is 3. The molecule has 11 nitrogen and oxygen atoms in total. The van der Waals surface area contributed by atoms with Gasteiger partial charge in [0.1, 0.15) is 6.10 Å². The van der Waals surface area contributed by atoms with Crippen LogP contribution in [0.15, 0.2) is 72.9 Å². The molecule has 0 spiro atoms. The molecule has 0 bridgehead atoms. The number of hydrogen-bond donors (Lipinski definition) is 3. The van der Waals surface area contributed by atoms with Gasteiger partial charge in [0.2, 0.25) is 0 Å². The van der Waals surface area contributed by atoms with Gasteiger partial charge in [-0.3, -0.25) is 9.59 Å². The number of likely N-dealkylation sites (tertiary alicyclic amines) is 1. The lowest BCUT2D eigenvalue weighted by Gasteiger charge is -2.32. The number of fused-ring (bicyclic) bond motifs is 1. The Morgan fingerprint density at radius 1 is 0.830 bits per heavy atom. The summed E-state index contributed by atoms with van der Waals surface area (Å²) >= 11 is 0. The first-order valence-electron chi connectivity index (χ1n) is 16.2. The number of piperidine rings is 2. The molecule has 0 unspecified atom stereocenters. The van der Waals surface area contributed by atoms with E-state index >= 15 is 0 Å². The van der Waals surface area contributed by atoms with Crippen molar-refractivity contribution in [3.8, 4) is 5.69 Å². The van der Waals surface area contributed by atoms with Crippen molar-refractivity contribution >= 4 is 40.2 Å². The quantitative estimate of drug-likeness (QED) is 0.259. The number of nitrogens with zero attached hydrogens (tertiary/aromatic N) is 4. The molecular weight excluding hydrogens is 596 g/mol. The molecule has 3 amide bonds. The van der Waals surface area contributed by atoms with E-state index in [9.17, 15) is 19.5 Å². The van der Waals surface area contributed by atoms with Gasteiger partial charge in [-0.1, -0.05) is 0 Å². The first-order chi connectivity index (χ1) is 22.5. The van der Waals surface area contributed by atoms with Crippen LogP contribution in [0.3, 0.4) is 0 Å². The zero-order chi connectivity index (χ0) is 33.1. The molecule has 2 aliphatic rings. The predicted octanol–water partition coefficient (Wildman–Crippen LogP) is 5.37. The predicted molar refractivity (Wildman–Crippen MR) is 181 cm³/mol. The van der Waals surface area contributed by atoms with Crippen molar-refractivity contribution in [2.24, 2.45) is 0 Å². The van der Waals surface area contributed by atoms with Crippen molar-refractivity contribution in [3.63, 3.8) is 0 Å². The fraction of sp³-hybridized carbons (Fsp3) is 0.389. The van der Waals surface area contributed by atoms with E-state index < -0.39 is 6.09 Å². The van der Waals surface area contributed by atoms with E-state index in [2.05, 4.69) is 20.6 Å². The Morgan fingerprint density at radius 3 is 2.13 bits per heavy atom. The van der Waals surface area contributed by atoms with Gasteiger partial charge < -0.3 is 30.3 Å². The monoisotopic (exact) mass is 638 g/mol. The Bertz CT molecular complexity index is 1730. The first kappa shape index (κ1) is 32.1. The molecule has 2 aliphatic heterocycles. The van der Waals surface area contributed by atoms with E-state index in [1.165, 1.54) is 0 Å². The van der Waals surface area contributed by atoms with Crippen LogP contribution in [-0.2, 0) is 4.74 Å². The van der Waals surface area contributed by atoms with E-state index in [0.29, 0.717) is 42.7 Å². The van der Waals surface area contributed by atoms with Crippen LogP contribution in [0, 0.1) is 0 Å². The topological polar surface area (TPSA) is 129 Å². The molecule has 0 saturated carbocycles. The number of rotatable bonds is 6. The lowest BCUT2D eigenvalue weighted by Crippen LogP contribution is -2.45. The minimum Gasteiger partial charge on any atom is -0.446 e. The number of nitrogens with one attached hydrogen (secondary N) is 2. The fourth-order valence-corrected chi connectivity index (χ4v) is 6.06. The summed E-state index contributed by atoms with van der Waals surface area (Å²) in [6, 6.07) is 20.6. The molecule has 0 radical (unpaired) electrons. The van der Waals surface area contributed by atoms with Crippen molar-refractivity contribution in [1.82, 2.24) is 20.0 Å². The van der Waals surface area contributed by atoms with Crippen molar-refractivity contribution in [2.45, 2.75) is 64.2 Å². The molecule has 11 heteroatoms. The zero-order valence-electron chi connectivity index (χ0n) is 27.1. The number of aliphatic hydroxyl groups is 1. The summed E-state index contributed by atoms with van der Waals surface area (Å²) in [5.74, 6) is -0.249. The largest absolute Gasteiger partial charge is 0.446 e. The average Bonchev–Trinajstić information content (AvgIpc) is 3.48. The van der Waals surface area contributed by atoms with Gasteiger partial charge in [0.25, 0.3) is 11.8 Å². The van der Waals surface area contributed by atoms with Gasteiger partial charge >= 0.3 is 6.09 Å². The zero-order valence-corrected chi connectivity index (χ0v) is 27.1. The third kappa shape index (κ3) is 7.74. The van der Waals surface area contributed by atoms with E-state index in [-0.39, 0.29) is 29.6 Å². The van der Waals surface area contributed by atoms with Crippen molar-refractivity contribution < 1.29 is 24.2 Å². The number of carbonyl (C=O) groups excluding carboxylic acids is 3. The van der Waals surface area contributed by atoms with Crippen LogP contribution in [0.2, 0.25) is 0 Å². The second kappa shape index (κ2) is 13.4. The minimum absolute atomic E-state index is 0.0548. The summed E-state index contributed by atoms with van der Waals surface area (Å²) in [6.45, 7) is 8.36. The molecule has 3 heterocycles. The molecule has 4 aromatic rings. The Hall–Kier alpha value is -4.90. The summed E-state index contributed by atoms with van der Waals surface area (Å²) in [7, 11) is 0. The van der Waals surface area contributed by atoms with Gasteiger partial charge in [-0.15, -0.1) is 0 Å². The second-order valence-corrected chi connectivity index (χ2v) is 13.4. The number of ether oxygens (including phenoxy) is 1. The van der Waals surface area contributed by atoms with Gasteiger partial charge in [-0.25, -0.2) is 9.48 Å². The summed E-state index contributed by atoms with van der Waals surface area (Å²) in [5, 5.41) is 21.0. The number of alkyl carbamates (subject to hydrolysis) is 1. The highest BCUT2D eigenvalue weighted by Gasteiger charge is 2.27. The van der Waals surface area contributed by atoms with E-state index in [4.69, 9.17) is 4.74 Å². The average molecular weight is 639 g/mol. The van der Waals surface area contributed by atoms with Crippen molar-refractivity contribution in [1.29, 1.82) is 0 Å². The number of aliphatic hydroxyl groups excluding tert-OH is 1. The Kier molecular flexibility index (Phi) is 9.17. The standard InChI is InChI=1S/C36H42N6O5/c1-36(2,3)39-35(46)47-31-16-20-41(21-17-31)34(45)25-6-11-29(12-7-25)42-32-13-8-27(22-26(32)23-37-42)38-33(44)24-4-9-28(10-5-24)40-18-14-30(43)15-19-40/h4-13,22-23,30-31,43H,14-21H2,1-3H3,(H,38,44)(H,39,46). The van der Waals surface area contributed by atoms with E-state index in [0.717, 1.165) is 48.2 Å². The van der Waals surface area contributed by atoms with E-state index in [1.54, 1.807) is 27.9 Å². The Labute approximate surface area is 274 Å². The first-order valence-corrected chi connectivity index (χ1v) is 16.2. The van der Waals surface area contributed by atoms with Crippen LogP contribution < -0.4 is 15.5 Å². The maximum absolute atomic E-state index is 13.2. The van der Waals surface area contributed by atoms with Gasteiger partial charge in [0, 0.05) is 72.4 Å². The molecule has 3 N–H and O–H groups in total. The lowest BCUT2D eigenvalue weighted by molar-refractivity contribution is 0.0404. The number of amides is 3. The number of aromatic nitrogens is 2. The van der Waals surface area contributed by atoms with Gasteiger partial charge in [0.15, 0.2) is 0 Å². The normalized spacial score (nSPS) is 16.3. The third-order valence-corrected chi connectivity index (χ3v) is 8.62. The molecule has 246 valence electrons. The highest BCUT2D eigenvalue weighted by Crippen LogP contribution is 2.25. The summed E-state index contributed by atoms with van der Waals surface area (Å²) in [6.07, 6.45) is 3.59. The smallest absolute Gasteiger partial charge is 0.407 e. The highest BCUT2D eigenvalue weighted by molar-refractivity contribution is 6.05. The van der Waals surface area contributed by atoms with Crippen LogP contribution in [0.1, 0.15) is 67.2 Å². The summed E-state index contributed by atoms with van der Waals surface area (Å²) in [4.78, 5) is 42.3. The van der Waals surface area contributed by atoms with Crippen molar-refractivity contribution in [3.05, 3.63) is 84.1 Å². The Morgan fingerprint density at radius 2 is 1.47 bits per heavy atom. The highest BCUT2D eigenvalue weighted by atomic mass is 16.6. The molecule has 2 saturated heterocycles. The van der Waals surface area contributed by atoms with Crippen LogP contribution in [0.5, 0.6) is 0 Å². The molecule has 3 aromatic carbocycles. The molecule has 6 rings (SSSR count). The van der Waals surface area contributed by atoms with E-state index in [1.807, 2.05) is 75.4 Å². The van der Waals surface area contributed by atoms with Gasteiger partial charge in [-0.05, 0) is 100 Å². The SMILES string of the molecule is CC(C)(C)NC(=O)OC1CCN(C(=O)c2ccc(-n3ncc4cc(NC(=O)c5ccc(N6CCC(O)CC6)cc5)ccc43)cc2)CC1. The maximum atomic E-state index is 13.2. The Balaban J connectivity index is 1.04. The van der Waals surface area contributed by atoms with Crippen LogP contribution in [-0.4, -0.2) is 81.6 Å². The number of carbonyl (C=O) groups is 3. The van der Waals surface area contributed by atoms with Crippen molar-refractivity contribution in [2.75, 3.05) is 36.4 Å². The minimum atomic E-state index is -0.428. The van der Waals surface area contributed by atoms with Crippen LogP contribution in [0.25, 0.3) is 16.6 Å². The third-order valence-electron chi connectivity index (χ3n) is 8.62. The molecule has 2 fully saturated rings.